The number of nitrogens with zero attached hydrogens (tertiary/aromatic N) is 4. The van der Waals surface area contributed by atoms with E-state index in [1.807, 2.05) is 4.90 Å². The Morgan fingerprint density at radius 1 is 1.08 bits per heavy atom. The molecular weight excluding hydrogens is 377 g/mol. The SMILES string of the molecule is CC(=O)N1CCN(c2nccc(C(=O)Nc3cc(Cl)cc(Cl)c3)n2)CC1. The van der Waals surface area contributed by atoms with Gasteiger partial charge in [0.1, 0.15) is 5.69 Å². The highest BCUT2D eigenvalue weighted by Crippen LogP contribution is 2.23. The minimum Gasteiger partial charge on any atom is -0.339 e. The van der Waals surface area contributed by atoms with Crippen LogP contribution in [0.1, 0.15) is 17.4 Å². The van der Waals surface area contributed by atoms with E-state index in [9.17, 15) is 9.59 Å². The molecule has 1 N–H and O–H groups in total. The Hall–Kier alpha value is -2.38. The van der Waals surface area contributed by atoms with Crippen molar-refractivity contribution in [2.24, 2.45) is 0 Å². The molecule has 0 radical (unpaired) electrons. The molecule has 3 rings (SSSR count). The van der Waals surface area contributed by atoms with Crippen molar-refractivity contribution in [3.63, 3.8) is 0 Å². The first-order valence-corrected chi connectivity index (χ1v) is 8.79. The summed E-state index contributed by atoms with van der Waals surface area (Å²) in [7, 11) is 0. The number of benzene rings is 1. The van der Waals surface area contributed by atoms with Crippen LogP contribution in [0.25, 0.3) is 0 Å². The Labute approximate surface area is 160 Å². The second-order valence-corrected chi connectivity index (χ2v) is 6.72. The van der Waals surface area contributed by atoms with E-state index >= 15 is 0 Å². The molecule has 1 aromatic carbocycles. The van der Waals surface area contributed by atoms with Crippen LogP contribution in [-0.4, -0.2) is 52.9 Å². The highest BCUT2D eigenvalue weighted by atomic mass is 35.5. The molecule has 7 nitrogen and oxygen atoms in total. The van der Waals surface area contributed by atoms with Crippen molar-refractivity contribution in [1.82, 2.24) is 14.9 Å². The number of hydrogen-bond acceptors (Lipinski definition) is 5. The van der Waals surface area contributed by atoms with Gasteiger partial charge in [-0.25, -0.2) is 9.97 Å². The lowest BCUT2D eigenvalue weighted by Gasteiger charge is -2.34. The second kappa shape index (κ2) is 7.88. The van der Waals surface area contributed by atoms with E-state index in [-0.39, 0.29) is 17.5 Å². The molecule has 1 aliphatic rings. The molecule has 0 unspecified atom stereocenters. The fourth-order valence-electron chi connectivity index (χ4n) is 2.67. The maximum absolute atomic E-state index is 12.5. The number of anilines is 2. The van der Waals surface area contributed by atoms with Gasteiger partial charge in [-0.3, -0.25) is 9.59 Å². The first-order chi connectivity index (χ1) is 12.4. The van der Waals surface area contributed by atoms with Gasteiger partial charge >= 0.3 is 0 Å². The van der Waals surface area contributed by atoms with E-state index < -0.39 is 0 Å². The summed E-state index contributed by atoms with van der Waals surface area (Å²) in [5.41, 5.74) is 0.725. The largest absolute Gasteiger partial charge is 0.339 e. The Kier molecular flexibility index (Phi) is 5.58. The summed E-state index contributed by atoms with van der Waals surface area (Å²) in [6, 6.07) is 6.34. The third-order valence-electron chi connectivity index (χ3n) is 4.00. The van der Waals surface area contributed by atoms with E-state index in [2.05, 4.69) is 15.3 Å². The van der Waals surface area contributed by atoms with Gasteiger partial charge < -0.3 is 15.1 Å². The monoisotopic (exact) mass is 393 g/mol. The fourth-order valence-corrected chi connectivity index (χ4v) is 3.20. The molecule has 0 spiro atoms. The summed E-state index contributed by atoms with van der Waals surface area (Å²) in [6.45, 7) is 4.01. The minimum atomic E-state index is -0.380. The molecule has 1 fully saturated rings. The maximum atomic E-state index is 12.5. The zero-order chi connectivity index (χ0) is 18.7. The molecular formula is C17H17Cl2N5O2. The molecule has 2 amide bonds. The molecule has 0 bridgehead atoms. The van der Waals surface area contributed by atoms with Crippen molar-refractivity contribution in [2.75, 3.05) is 36.4 Å². The molecule has 1 saturated heterocycles. The van der Waals surface area contributed by atoms with E-state index in [1.54, 1.807) is 36.2 Å². The van der Waals surface area contributed by atoms with Gasteiger partial charge in [-0.2, -0.15) is 0 Å². The molecule has 0 atom stereocenters. The van der Waals surface area contributed by atoms with E-state index in [1.165, 1.54) is 6.07 Å². The van der Waals surface area contributed by atoms with Gasteiger partial charge in [0.05, 0.1) is 0 Å². The smallest absolute Gasteiger partial charge is 0.274 e. The molecule has 0 saturated carbocycles. The lowest BCUT2D eigenvalue weighted by Crippen LogP contribution is -2.48. The number of aromatic nitrogens is 2. The second-order valence-electron chi connectivity index (χ2n) is 5.85. The Morgan fingerprint density at radius 3 is 2.35 bits per heavy atom. The number of hydrogen-bond donors (Lipinski definition) is 1. The number of carbonyl (C=O) groups is 2. The van der Waals surface area contributed by atoms with Crippen LogP contribution in [0, 0.1) is 0 Å². The third kappa shape index (κ3) is 4.42. The van der Waals surface area contributed by atoms with Crippen LogP contribution in [0.15, 0.2) is 30.5 Å². The Bertz CT molecular complexity index is 817. The highest BCUT2D eigenvalue weighted by Gasteiger charge is 2.21. The zero-order valence-corrected chi connectivity index (χ0v) is 15.6. The van der Waals surface area contributed by atoms with Gasteiger partial charge in [0.25, 0.3) is 5.91 Å². The van der Waals surface area contributed by atoms with Gasteiger partial charge in [0.15, 0.2) is 0 Å². The lowest BCUT2D eigenvalue weighted by molar-refractivity contribution is -0.129. The molecule has 0 aliphatic carbocycles. The first kappa shape index (κ1) is 18.4. The Morgan fingerprint density at radius 2 is 1.73 bits per heavy atom. The van der Waals surface area contributed by atoms with Crippen LogP contribution in [0.2, 0.25) is 10.0 Å². The molecule has 1 aliphatic heterocycles. The molecule has 2 heterocycles. The fraction of sp³-hybridized carbons (Fsp3) is 0.294. The molecule has 1 aromatic heterocycles. The van der Waals surface area contributed by atoms with Crippen LogP contribution < -0.4 is 10.2 Å². The topological polar surface area (TPSA) is 78.4 Å². The summed E-state index contributed by atoms with van der Waals surface area (Å²) in [5.74, 6) is 0.137. The number of piperazine rings is 1. The van der Waals surface area contributed by atoms with Crippen molar-refractivity contribution >= 4 is 46.7 Å². The number of nitrogens with one attached hydrogen (secondary N) is 1. The van der Waals surface area contributed by atoms with Crippen LogP contribution in [0.4, 0.5) is 11.6 Å². The number of rotatable bonds is 3. The summed E-state index contributed by atoms with van der Waals surface area (Å²) in [4.78, 5) is 36.2. The van der Waals surface area contributed by atoms with E-state index in [0.29, 0.717) is 47.9 Å². The zero-order valence-electron chi connectivity index (χ0n) is 14.1. The number of amides is 2. The number of carbonyl (C=O) groups excluding carboxylic acids is 2. The van der Waals surface area contributed by atoms with Gasteiger partial charge in [0, 0.05) is 55.0 Å². The van der Waals surface area contributed by atoms with Gasteiger partial charge in [0.2, 0.25) is 11.9 Å². The van der Waals surface area contributed by atoms with Crippen LogP contribution in [-0.2, 0) is 4.79 Å². The predicted molar refractivity (Wildman–Crippen MR) is 101 cm³/mol. The summed E-state index contributed by atoms with van der Waals surface area (Å²) in [6.07, 6.45) is 1.54. The standard InChI is InChI=1S/C17H17Cl2N5O2/c1-11(25)23-4-6-24(7-5-23)17-20-3-2-15(22-17)16(26)21-14-9-12(18)8-13(19)10-14/h2-3,8-10H,4-7H2,1H3,(H,21,26). The molecule has 2 aromatic rings. The van der Waals surface area contributed by atoms with Crippen molar-refractivity contribution in [3.8, 4) is 0 Å². The molecule has 9 heteroatoms. The molecule has 26 heavy (non-hydrogen) atoms. The normalized spacial score (nSPS) is 14.3. The van der Waals surface area contributed by atoms with Crippen molar-refractivity contribution < 1.29 is 9.59 Å². The van der Waals surface area contributed by atoms with Crippen LogP contribution in [0.5, 0.6) is 0 Å². The summed E-state index contributed by atoms with van der Waals surface area (Å²) < 4.78 is 0. The van der Waals surface area contributed by atoms with Crippen molar-refractivity contribution in [3.05, 3.63) is 46.2 Å². The predicted octanol–water partition coefficient (Wildman–Crippen LogP) is 2.70. The van der Waals surface area contributed by atoms with Crippen LogP contribution in [0.3, 0.4) is 0 Å². The highest BCUT2D eigenvalue weighted by molar-refractivity contribution is 6.35. The van der Waals surface area contributed by atoms with Gasteiger partial charge in [-0.05, 0) is 24.3 Å². The van der Waals surface area contributed by atoms with Gasteiger partial charge in [-0.15, -0.1) is 0 Å². The summed E-state index contributed by atoms with van der Waals surface area (Å²) in [5, 5.41) is 3.58. The minimum absolute atomic E-state index is 0.0545. The van der Waals surface area contributed by atoms with Gasteiger partial charge in [-0.1, -0.05) is 23.2 Å². The van der Waals surface area contributed by atoms with Crippen molar-refractivity contribution in [1.29, 1.82) is 0 Å². The number of halogens is 2. The first-order valence-electron chi connectivity index (χ1n) is 8.03. The van der Waals surface area contributed by atoms with E-state index in [4.69, 9.17) is 23.2 Å². The van der Waals surface area contributed by atoms with E-state index in [0.717, 1.165) is 0 Å². The summed E-state index contributed by atoms with van der Waals surface area (Å²) >= 11 is 11.9. The average Bonchev–Trinajstić information content (AvgIpc) is 2.61. The van der Waals surface area contributed by atoms with Crippen LogP contribution >= 0.6 is 23.2 Å². The quantitative estimate of drug-likeness (QED) is 0.866. The Balaban J connectivity index is 1.71. The third-order valence-corrected chi connectivity index (χ3v) is 4.44. The maximum Gasteiger partial charge on any atom is 0.274 e. The van der Waals surface area contributed by atoms with Crippen molar-refractivity contribution in [2.45, 2.75) is 6.92 Å². The molecule has 136 valence electrons. The lowest BCUT2D eigenvalue weighted by atomic mass is 10.3. The average molecular weight is 394 g/mol.